The fourth-order valence-corrected chi connectivity index (χ4v) is 2.61. The van der Waals surface area contributed by atoms with E-state index in [1.807, 2.05) is 12.3 Å². The first kappa shape index (κ1) is 10.4. The van der Waals surface area contributed by atoms with Gasteiger partial charge < -0.3 is 10.3 Å². The highest BCUT2D eigenvalue weighted by Gasteiger charge is 2.29. The van der Waals surface area contributed by atoms with E-state index in [0.29, 0.717) is 6.54 Å². The minimum absolute atomic E-state index is 0.0403. The lowest BCUT2D eigenvalue weighted by Gasteiger charge is -2.22. The minimum Gasteiger partial charge on any atom is -0.361 e. The molecule has 0 saturated carbocycles. The number of carbonyl (C=O) groups is 1. The van der Waals surface area contributed by atoms with E-state index < -0.39 is 0 Å². The van der Waals surface area contributed by atoms with Crippen LogP contribution in [0, 0.1) is 0 Å². The third-order valence-corrected chi connectivity index (χ3v) is 3.42. The van der Waals surface area contributed by atoms with Gasteiger partial charge in [0.05, 0.1) is 11.1 Å². The summed E-state index contributed by atoms with van der Waals surface area (Å²) < 4.78 is 0. The van der Waals surface area contributed by atoms with Crippen LogP contribution in [-0.2, 0) is 12.0 Å². The van der Waals surface area contributed by atoms with E-state index in [2.05, 4.69) is 37.1 Å². The molecule has 1 aromatic heterocycles. The second-order valence-electron chi connectivity index (χ2n) is 5.65. The zero-order valence-electron chi connectivity index (χ0n) is 10.3. The quantitative estimate of drug-likeness (QED) is 0.715. The van der Waals surface area contributed by atoms with Gasteiger partial charge in [-0.2, -0.15) is 0 Å². The second kappa shape index (κ2) is 3.13. The Balaban J connectivity index is 2.43. The third-order valence-electron chi connectivity index (χ3n) is 3.42. The van der Waals surface area contributed by atoms with Gasteiger partial charge in [0.15, 0.2) is 0 Å². The zero-order chi connectivity index (χ0) is 12.2. The van der Waals surface area contributed by atoms with Gasteiger partial charge >= 0.3 is 0 Å². The number of hydrogen-bond acceptors (Lipinski definition) is 1. The van der Waals surface area contributed by atoms with Crippen LogP contribution in [0.25, 0.3) is 10.9 Å². The van der Waals surface area contributed by atoms with Crippen molar-refractivity contribution in [1.82, 2.24) is 10.3 Å². The summed E-state index contributed by atoms with van der Waals surface area (Å²) in [4.78, 5) is 15.1. The van der Waals surface area contributed by atoms with E-state index in [1.54, 1.807) is 0 Å². The summed E-state index contributed by atoms with van der Waals surface area (Å²) in [5.41, 5.74) is 4.26. The standard InChI is InChI=1S/C14H16N2O/c1-14(2,3)10-6-8-4-5-15-12(8)11-9(10)7-16-13(11)17/h4-6,15H,7H2,1-3H3,(H,16,17). The predicted molar refractivity (Wildman–Crippen MR) is 68.2 cm³/mol. The van der Waals surface area contributed by atoms with Crippen molar-refractivity contribution in [2.45, 2.75) is 32.7 Å². The smallest absolute Gasteiger partial charge is 0.254 e. The Morgan fingerprint density at radius 1 is 1.29 bits per heavy atom. The minimum atomic E-state index is 0.0403. The molecule has 1 amide bonds. The summed E-state index contributed by atoms with van der Waals surface area (Å²) in [5.74, 6) is 0.0403. The van der Waals surface area contributed by atoms with Crippen molar-refractivity contribution in [1.29, 1.82) is 0 Å². The Morgan fingerprint density at radius 2 is 2.06 bits per heavy atom. The van der Waals surface area contributed by atoms with Gasteiger partial charge in [-0.15, -0.1) is 0 Å². The number of aromatic amines is 1. The molecular weight excluding hydrogens is 212 g/mol. The molecule has 3 rings (SSSR count). The average Bonchev–Trinajstić information content (AvgIpc) is 2.81. The SMILES string of the molecule is CC(C)(C)c1cc2cc[nH]c2c2c1CNC2=O. The molecule has 0 spiro atoms. The maximum Gasteiger partial charge on any atom is 0.254 e. The molecule has 88 valence electrons. The lowest BCUT2D eigenvalue weighted by Crippen LogP contribution is -2.15. The average molecular weight is 228 g/mol. The van der Waals surface area contributed by atoms with Gasteiger partial charge in [0.2, 0.25) is 0 Å². The van der Waals surface area contributed by atoms with Crippen molar-refractivity contribution in [3.8, 4) is 0 Å². The maximum atomic E-state index is 11.9. The summed E-state index contributed by atoms with van der Waals surface area (Å²) in [6, 6.07) is 4.22. The van der Waals surface area contributed by atoms with Gasteiger partial charge in [-0.05, 0) is 28.7 Å². The van der Waals surface area contributed by atoms with Gasteiger partial charge in [-0.3, -0.25) is 4.79 Å². The molecule has 0 atom stereocenters. The Hall–Kier alpha value is -1.77. The first-order valence-electron chi connectivity index (χ1n) is 5.90. The van der Waals surface area contributed by atoms with Crippen LogP contribution in [-0.4, -0.2) is 10.9 Å². The van der Waals surface area contributed by atoms with E-state index in [4.69, 9.17) is 0 Å². The second-order valence-corrected chi connectivity index (χ2v) is 5.65. The summed E-state index contributed by atoms with van der Waals surface area (Å²) >= 11 is 0. The van der Waals surface area contributed by atoms with Crippen molar-refractivity contribution in [3.63, 3.8) is 0 Å². The number of benzene rings is 1. The molecule has 0 saturated heterocycles. The highest BCUT2D eigenvalue weighted by Crippen LogP contribution is 2.35. The number of nitrogens with one attached hydrogen (secondary N) is 2. The van der Waals surface area contributed by atoms with Crippen LogP contribution in [0.2, 0.25) is 0 Å². The molecule has 3 heteroatoms. The molecule has 1 aliphatic heterocycles. The monoisotopic (exact) mass is 228 g/mol. The number of hydrogen-bond donors (Lipinski definition) is 2. The van der Waals surface area contributed by atoms with E-state index in [1.165, 1.54) is 5.56 Å². The van der Waals surface area contributed by atoms with Crippen LogP contribution < -0.4 is 5.32 Å². The maximum absolute atomic E-state index is 11.9. The van der Waals surface area contributed by atoms with E-state index in [9.17, 15) is 4.79 Å². The molecule has 2 heterocycles. The lowest BCUT2D eigenvalue weighted by atomic mass is 9.82. The van der Waals surface area contributed by atoms with Crippen LogP contribution in [0.3, 0.4) is 0 Å². The molecule has 0 radical (unpaired) electrons. The number of H-pyrrole nitrogens is 1. The molecule has 3 nitrogen and oxygen atoms in total. The van der Waals surface area contributed by atoms with E-state index in [0.717, 1.165) is 22.0 Å². The molecule has 0 fully saturated rings. The third kappa shape index (κ3) is 1.38. The van der Waals surface area contributed by atoms with Gasteiger partial charge in [0.1, 0.15) is 0 Å². The molecule has 2 N–H and O–H groups in total. The Labute approximate surface area is 100 Å². The van der Waals surface area contributed by atoms with Gasteiger partial charge in [0, 0.05) is 18.1 Å². The van der Waals surface area contributed by atoms with Crippen LogP contribution in [0.5, 0.6) is 0 Å². The Kier molecular flexibility index (Phi) is 1.91. The van der Waals surface area contributed by atoms with Crippen LogP contribution in [0.4, 0.5) is 0 Å². The fraction of sp³-hybridized carbons (Fsp3) is 0.357. The van der Waals surface area contributed by atoms with Gasteiger partial charge in [-0.1, -0.05) is 20.8 Å². The van der Waals surface area contributed by atoms with Crippen LogP contribution in [0.15, 0.2) is 18.3 Å². The lowest BCUT2D eigenvalue weighted by molar-refractivity contribution is 0.0967. The first-order chi connectivity index (χ1) is 7.98. The number of fused-ring (bicyclic) bond motifs is 3. The zero-order valence-corrected chi connectivity index (χ0v) is 10.3. The van der Waals surface area contributed by atoms with E-state index in [-0.39, 0.29) is 11.3 Å². The number of amides is 1. The predicted octanol–water partition coefficient (Wildman–Crippen LogP) is 2.71. The van der Waals surface area contributed by atoms with Crippen LogP contribution in [0.1, 0.15) is 42.3 Å². The highest BCUT2D eigenvalue weighted by molar-refractivity contribution is 6.09. The van der Waals surface area contributed by atoms with Gasteiger partial charge in [0.25, 0.3) is 5.91 Å². The summed E-state index contributed by atoms with van der Waals surface area (Å²) in [7, 11) is 0. The Morgan fingerprint density at radius 3 is 2.76 bits per heavy atom. The molecule has 2 aromatic rings. The van der Waals surface area contributed by atoms with Crippen LogP contribution >= 0.6 is 0 Å². The Bertz CT molecular complexity index is 617. The topological polar surface area (TPSA) is 44.9 Å². The van der Waals surface area contributed by atoms with E-state index >= 15 is 0 Å². The molecular formula is C14H16N2O. The number of aromatic nitrogens is 1. The molecule has 0 bridgehead atoms. The van der Waals surface area contributed by atoms with Gasteiger partial charge in [-0.25, -0.2) is 0 Å². The fourth-order valence-electron chi connectivity index (χ4n) is 2.61. The highest BCUT2D eigenvalue weighted by atomic mass is 16.1. The molecule has 17 heavy (non-hydrogen) atoms. The molecule has 0 unspecified atom stereocenters. The molecule has 1 aromatic carbocycles. The number of rotatable bonds is 0. The first-order valence-corrected chi connectivity index (χ1v) is 5.90. The summed E-state index contributed by atoms with van der Waals surface area (Å²) in [6.07, 6.45) is 1.89. The molecule has 0 aliphatic carbocycles. The van der Waals surface area contributed by atoms with Crippen molar-refractivity contribution in [2.75, 3.05) is 0 Å². The van der Waals surface area contributed by atoms with Crippen molar-refractivity contribution in [2.24, 2.45) is 0 Å². The number of carbonyl (C=O) groups excluding carboxylic acids is 1. The largest absolute Gasteiger partial charge is 0.361 e. The summed E-state index contributed by atoms with van der Waals surface area (Å²) in [6.45, 7) is 7.20. The van der Waals surface area contributed by atoms with Crippen molar-refractivity contribution in [3.05, 3.63) is 35.0 Å². The molecule has 1 aliphatic rings. The van der Waals surface area contributed by atoms with Crippen molar-refractivity contribution >= 4 is 16.8 Å². The normalized spacial score (nSPS) is 15.1. The summed E-state index contributed by atoms with van der Waals surface area (Å²) in [5, 5.41) is 4.04. The van der Waals surface area contributed by atoms with Crippen molar-refractivity contribution < 1.29 is 4.79 Å².